The minimum atomic E-state index is -0.919. The second-order valence-electron chi connectivity index (χ2n) is 6.65. The highest BCUT2D eigenvalue weighted by atomic mass is 19.1. The van der Waals surface area contributed by atoms with E-state index in [1.54, 1.807) is 12.1 Å². The molecule has 0 atom stereocenters. The number of amides is 2. The Morgan fingerprint density at radius 2 is 1.93 bits per heavy atom. The van der Waals surface area contributed by atoms with Crippen LogP contribution in [0.5, 0.6) is 0 Å². The van der Waals surface area contributed by atoms with Gasteiger partial charge in [0.1, 0.15) is 17.4 Å². The number of esters is 1. The van der Waals surface area contributed by atoms with Gasteiger partial charge in [-0.2, -0.15) is 0 Å². The summed E-state index contributed by atoms with van der Waals surface area (Å²) in [6, 6.07) is 6.20. The van der Waals surface area contributed by atoms with Crippen LogP contribution in [0.15, 0.2) is 41.0 Å². The summed E-state index contributed by atoms with van der Waals surface area (Å²) in [4.78, 5) is 37.7. The summed E-state index contributed by atoms with van der Waals surface area (Å²) in [5, 5.41) is 2.57. The van der Waals surface area contributed by atoms with Crippen molar-refractivity contribution in [3.8, 4) is 0 Å². The van der Waals surface area contributed by atoms with Gasteiger partial charge in [-0.1, -0.05) is 0 Å². The van der Waals surface area contributed by atoms with Crippen molar-refractivity contribution in [3.05, 3.63) is 59.6 Å². The summed E-state index contributed by atoms with van der Waals surface area (Å²) in [5.74, 6) is -3.06. The Bertz CT molecular complexity index is 877. The average molecular weight is 406 g/mol. The molecule has 1 fully saturated rings. The highest BCUT2D eigenvalue weighted by molar-refractivity contribution is 5.94. The molecule has 3 rings (SSSR count). The maximum atomic E-state index is 13.8. The van der Waals surface area contributed by atoms with Gasteiger partial charge in [0.15, 0.2) is 6.61 Å². The van der Waals surface area contributed by atoms with Gasteiger partial charge in [-0.3, -0.25) is 14.4 Å². The molecule has 1 aliphatic heterocycles. The summed E-state index contributed by atoms with van der Waals surface area (Å²) < 4.78 is 36.9. The number of furan rings is 1. The molecular formula is C20H20F2N2O5. The second-order valence-corrected chi connectivity index (χ2v) is 6.65. The van der Waals surface area contributed by atoms with Gasteiger partial charge in [0, 0.05) is 19.2 Å². The second kappa shape index (κ2) is 9.31. The lowest BCUT2D eigenvalue weighted by Gasteiger charge is -2.31. The first-order chi connectivity index (χ1) is 13.9. The van der Waals surface area contributed by atoms with Crippen LogP contribution in [-0.4, -0.2) is 42.4 Å². The quantitative estimate of drug-likeness (QED) is 0.744. The van der Waals surface area contributed by atoms with Gasteiger partial charge in [-0.15, -0.1) is 0 Å². The standard InChI is InChI=1S/C20H20F2N2O5/c21-14-3-4-16(17(22)10-14)19(26)24-7-5-13(6-8-24)20(27)29-12-18(25)23-11-15-2-1-9-28-15/h1-4,9-10,13H,5-8,11-12H2,(H,23,25). The fraction of sp³-hybridized carbons (Fsp3) is 0.350. The van der Waals surface area contributed by atoms with Crippen LogP contribution in [0, 0.1) is 17.6 Å². The van der Waals surface area contributed by atoms with E-state index in [1.807, 2.05) is 0 Å². The Morgan fingerprint density at radius 3 is 2.59 bits per heavy atom. The van der Waals surface area contributed by atoms with E-state index in [4.69, 9.17) is 9.15 Å². The molecule has 0 bridgehead atoms. The molecule has 2 aromatic rings. The third kappa shape index (κ3) is 5.40. The van der Waals surface area contributed by atoms with Crippen LogP contribution < -0.4 is 5.32 Å². The zero-order valence-corrected chi connectivity index (χ0v) is 15.5. The van der Waals surface area contributed by atoms with Gasteiger partial charge in [-0.05, 0) is 37.1 Å². The molecule has 154 valence electrons. The Morgan fingerprint density at radius 1 is 1.17 bits per heavy atom. The van der Waals surface area contributed by atoms with Gasteiger partial charge in [0.05, 0.1) is 24.3 Å². The largest absolute Gasteiger partial charge is 0.467 e. The Labute approximate surface area is 165 Å². The lowest BCUT2D eigenvalue weighted by Crippen LogP contribution is -2.41. The van der Waals surface area contributed by atoms with Crippen LogP contribution in [0.4, 0.5) is 8.78 Å². The molecule has 1 saturated heterocycles. The monoisotopic (exact) mass is 406 g/mol. The number of hydrogen-bond donors (Lipinski definition) is 1. The Kier molecular flexibility index (Phi) is 6.58. The summed E-state index contributed by atoms with van der Waals surface area (Å²) in [6.45, 7) is 0.267. The fourth-order valence-corrected chi connectivity index (χ4v) is 3.06. The molecule has 1 aliphatic rings. The van der Waals surface area contributed by atoms with Crippen molar-refractivity contribution in [2.75, 3.05) is 19.7 Å². The molecule has 1 N–H and O–H groups in total. The number of piperidine rings is 1. The van der Waals surface area contributed by atoms with E-state index < -0.39 is 41.9 Å². The normalized spacial score (nSPS) is 14.5. The van der Waals surface area contributed by atoms with Crippen LogP contribution in [-0.2, 0) is 20.9 Å². The number of hydrogen-bond acceptors (Lipinski definition) is 5. The number of nitrogens with zero attached hydrogens (tertiary/aromatic N) is 1. The van der Waals surface area contributed by atoms with E-state index >= 15 is 0 Å². The van der Waals surface area contributed by atoms with Crippen LogP contribution in [0.2, 0.25) is 0 Å². The molecule has 1 aromatic carbocycles. The molecular weight excluding hydrogens is 386 g/mol. The molecule has 29 heavy (non-hydrogen) atoms. The van der Waals surface area contributed by atoms with Crippen LogP contribution in [0.3, 0.4) is 0 Å². The SMILES string of the molecule is O=C(COC(=O)C1CCN(C(=O)c2ccc(F)cc2F)CC1)NCc1ccco1. The van der Waals surface area contributed by atoms with Crippen molar-refractivity contribution >= 4 is 17.8 Å². The lowest BCUT2D eigenvalue weighted by atomic mass is 9.96. The van der Waals surface area contributed by atoms with E-state index in [2.05, 4.69) is 5.32 Å². The zero-order valence-electron chi connectivity index (χ0n) is 15.5. The van der Waals surface area contributed by atoms with Crippen molar-refractivity contribution < 1.29 is 32.3 Å². The van der Waals surface area contributed by atoms with E-state index in [0.29, 0.717) is 24.7 Å². The summed E-state index contributed by atoms with van der Waals surface area (Å²) in [5.41, 5.74) is -0.208. The molecule has 0 spiro atoms. The third-order valence-corrected chi connectivity index (χ3v) is 4.66. The van der Waals surface area contributed by atoms with Crippen LogP contribution in [0.1, 0.15) is 29.0 Å². The topological polar surface area (TPSA) is 88.9 Å². The predicted molar refractivity (Wildman–Crippen MR) is 96.5 cm³/mol. The number of ether oxygens (including phenoxy) is 1. The molecule has 2 amide bonds. The molecule has 0 aliphatic carbocycles. The predicted octanol–water partition coefficient (Wildman–Crippen LogP) is 2.27. The van der Waals surface area contributed by atoms with Crippen molar-refractivity contribution in [3.63, 3.8) is 0 Å². The maximum Gasteiger partial charge on any atom is 0.309 e. The molecule has 0 radical (unpaired) electrons. The van der Waals surface area contributed by atoms with E-state index in [1.165, 1.54) is 11.2 Å². The first kappa shape index (κ1) is 20.5. The summed E-state index contributed by atoms with van der Waals surface area (Å²) >= 11 is 0. The van der Waals surface area contributed by atoms with Gasteiger partial charge in [0.25, 0.3) is 11.8 Å². The van der Waals surface area contributed by atoms with Crippen LogP contribution in [0.25, 0.3) is 0 Å². The van der Waals surface area contributed by atoms with Gasteiger partial charge >= 0.3 is 5.97 Å². The maximum absolute atomic E-state index is 13.8. The summed E-state index contributed by atoms with van der Waals surface area (Å²) in [6.07, 6.45) is 2.16. The van der Waals surface area contributed by atoms with E-state index in [9.17, 15) is 23.2 Å². The number of carbonyl (C=O) groups excluding carboxylic acids is 3. The van der Waals surface area contributed by atoms with Gasteiger partial charge in [0.2, 0.25) is 0 Å². The lowest BCUT2D eigenvalue weighted by molar-refractivity contribution is -0.153. The van der Waals surface area contributed by atoms with Gasteiger partial charge < -0.3 is 19.4 Å². The van der Waals surface area contributed by atoms with Gasteiger partial charge in [-0.25, -0.2) is 8.78 Å². The molecule has 9 heteroatoms. The van der Waals surface area contributed by atoms with E-state index in [-0.39, 0.29) is 25.2 Å². The fourth-order valence-electron chi connectivity index (χ4n) is 3.06. The summed E-state index contributed by atoms with van der Waals surface area (Å²) in [7, 11) is 0. The first-order valence-corrected chi connectivity index (χ1v) is 9.14. The average Bonchev–Trinajstić information content (AvgIpc) is 3.24. The molecule has 1 aromatic heterocycles. The van der Waals surface area contributed by atoms with Crippen molar-refractivity contribution in [1.29, 1.82) is 0 Å². The number of likely N-dealkylation sites (tertiary alicyclic amines) is 1. The van der Waals surface area contributed by atoms with E-state index in [0.717, 1.165) is 12.1 Å². The minimum absolute atomic E-state index is 0.198. The Balaban J connectivity index is 1.42. The number of benzene rings is 1. The highest BCUT2D eigenvalue weighted by Gasteiger charge is 2.30. The number of carbonyl (C=O) groups is 3. The first-order valence-electron chi connectivity index (χ1n) is 9.14. The highest BCUT2D eigenvalue weighted by Crippen LogP contribution is 2.21. The minimum Gasteiger partial charge on any atom is -0.467 e. The molecule has 7 nitrogen and oxygen atoms in total. The molecule has 0 unspecified atom stereocenters. The zero-order chi connectivity index (χ0) is 20.8. The molecule has 2 heterocycles. The Hall–Kier alpha value is -3.23. The number of halogens is 2. The molecule has 0 saturated carbocycles. The van der Waals surface area contributed by atoms with Crippen molar-refractivity contribution in [1.82, 2.24) is 10.2 Å². The number of nitrogens with one attached hydrogen (secondary N) is 1. The smallest absolute Gasteiger partial charge is 0.309 e. The third-order valence-electron chi connectivity index (χ3n) is 4.66. The van der Waals surface area contributed by atoms with Crippen LogP contribution >= 0.6 is 0 Å². The van der Waals surface area contributed by atoms with Crippen molar-refractivity contribution in [2.24, 2.45) is 5.92 Å². The number of rotatable bonds is 6. The van der Waals surface area contributed by atoms with Crippen molar-refractivity contribution in [2.45, 2.75) is 19.4 Å².